The highest BCUT2D eigenvalue weighted by molar-refractivity contribution is 5.92. The molecule has 1 amide bonds. The van der Waals surface area contributed by atoms with E-state index in [1.165, 1.54) is 6.33 Å². The van der Waals surface area contributed by atoms with Crippen LogP contribution in [0.25, 0.3) is 11.2 Å². The van der Waals surface area contributed by atoms with Crippen LogP contribution in [0.4, 0.5) is 11.6 Å². The number of carbonyl (C=O) groups excluding carboxylic acids is 1. The number of amides is 1. The van der Waals surface area contributed by atoms with Crippen LogP contribution in [-0.4, -0.2) is 64.1 Å². The minimum absolute atomic E-state index is 0.177. The molecule has 25 heavy (non-hydrogen) atoms. The molecule has 0 aliphatic carbocycles. The van der Waals surface area contributed by atoms with E-state index in [2.05, 4.69) is 40.0 Å². The van der Waals surface area contributed by atoms with Crippen molar-refractivity contribution < 1.29 is 4.79 Å². The molecule has 1 fully saturated rings. The van der Waals surface area contributed by atoms with Crippen LogP contribution in [0.15, 0.2) is 30.9 Å². The number of imidazole rings is 1. The largest absolute Gasteiger partial charge is 0.368 e. The summed E-state index contributed by atoms with van der Waals surface area (Å²) in [5.41, 5.74) is 2.95. The summed E-state index contributed by atoms with van der Waals surface area (Å²) >= 11 is 0. The van der Waals surface area contributed by atoms with Crippen LogP contribution in [0.2, 0.25) is 0 Å². The first-order valence-electron chi connectivity index (χ1n) is 8.08. The number of nitrogens with zero attached hydrogens (tertiary/aromatic N) is 6. The lowest BCUT2D eigenvalue weighted by molar-refractivity contribution is 0.0958. The Labute approximate surface area is 144 Å². The molecule has 3 aromatic heterocycles. The molecule has 0 atom stereocenters. The van der Waals surface area contributed by atoms with E-state index >= 15 is 0 Å². The molecule has 9 nitrogen and oxygen atoms in total. The zero-order chi connectivity index (χ0) is 17.2. The van der Waals surface area contributed by atoms with Crippen molar-refractivity contribution in [2.45, 2.75) is 0 Å². The molecule has 1 saturated heterocycles. The molecule has 2 N–H and O–H groups in total. The summed E-state index contributed by atoms with van der Waals surface area (Å²) in [5.74, 6) is 0.639. The second kappa shape index (κ2) is 6.34. The average Bonchev–Trinajstić information content (AvgIpc) is 3.12. The Morgan fingerprint density at radius 2 is 2.00 bits per heavy atom. The summed E-state index contributed by atoms with van der Waals surface area (Å²) in [6.45, 7) is 3.32. The number of aromatic nitrogens is 5. The first-order valence-corrected chi connectivity index (χ1v) is 8.08. The lowest BCUT2D eigenvalue weighted by Crippen LogP contribution is -2.47. The summed E-state index contributed by atoms with van der Waals surface area (Å²) in [6, 6.07) is 3.75. The topological polar surface area (TPSA) is 103 Å². The SMILES string of the molecule is CNC(=O)c1cc(N2CCN(c3nc4ncncc4[nH]3)CC2)ccn1. The van der Waals surface area contributed by atoms with Crippen LogP contribution in [0.3, 0.4) is 0 Å². The van der Waals surface area contributed by atoms with Crippen molar-refractivity contribution in [2.75, 3.05) is 43.0 Å². The van der Waals surface area contributed by atoms with Crippen molar-refractivity contribution in [1.29, 1.82) is 0 Å². The fourth-order valence-electron chi connectivity index (χ4n) is 2.94. The van der Waals surface area contributed by atoms with Crippen LogP contribution < -0.4 is 15.1 Å². The van der Waals surface area contributed by atoms with Gasteiger partial charge in [0, 0.05) is 45.1 Å². The average molecular weight is 338 g/mol. The van der Waals surface area contributed by atoms with E-state index in [0.717, 1.165) is 43.3 Å². The number of nitrogens with one attached hydrogen (secondary N) is 2. The van der Waals surface area contributed by atoms with Gasteiger partial charge in [-0.1, -0.05) is 0 Å². The molecule has 0 radical (unpaired) electrons. The molecular formula is C16H18N8O. The lowest BCUT2D eigenvalue weighted by Gasteiger charge is -2.36. The molecule has 0 unspecified atom stereocenters. The minimum Gasteiger partial charge on any atom is -0.368 e. The molecule has 128 valence electrons. The van der Waals surface area contributed by atoms with E-state index in [-0.39, 0.29) is 5.91 Å². The quantitative estimate of drug-likeness (QED) is 0.714. The second-order valence-corrected chi connectivity index (χ2v) is 5.77. The molecule has 1 aliphatic heterocycles. The highest BCUT2D eigenvalue weighted by Gasteiger charge is 2.21. The monoisotopic (exact) mass is 338 g/mol. The van der Waals surface area contributed by atoms with Crippen molar-refractivity contribution in [1.82, 2.24) is 30.2 Å². The predicted molar refractivity (Wildman–Crippen MR) is 93.7 cm³/mol. The van der Waals surface area contributed by atoms with E-state index in [1.807, 2.05) is 12.1 Å². The van der Waals surface area contributed by atoms with Gasteiger partial charge < -0.3 is 20.1 Å². The third-order valence-electron chi connectivity index (χ3n) is 4.30. The molecule has 3 aromatic rings. The summed E-state index contributed by atoms with van der Waals surface area (Å²) in [6.07, 6.45) is 4.90. The third-order valence-corrected chi connectivity index (χ3v) is 4.30. The van der Waals surface area contributed by atoms with Gasteiger partial charge in [0.2, 0.25) is 5.95 Å². The van der Waals surface area contributed by atoms with Crippen molar-refractivity contribution in [3.63, 3.8) is 0 Å². The smallest absolute Gasteiger partial charge is 0.269 e. The summed E-state index contributed by atoms with van der Waals surface area (Å²) in [5, 5.41) is 2.60. The number of aromatic amines is 1. The molecule has 4 rings (SSSR count). The van der Waals surface area contributed by atoms with E-state index in [4.69, 9.17) is 0 Å². The van der Waals surface area contributed by atoms with E-state index < -0.39 is 0 Å². The van der Waals surface area contributed by atoms with E-state index in [0.29, 0.717) is 11.3 Å². The molecule has 0 spiro atoms. The van der Waals surface area contributed by atoms with E-state index in [9.17, 15) is 4.79 Å². The van der Waals surface area contributed by atoms with Gasteiger partial charge in [0.05, 0.1) is 6.20 Å². The third kappa shape index (κ3) is 2.95. The van der Waals surface area contributed by atoms with Crippen LogP contribution in [0.1, 0.15) is 10.5 Å². The molecular weight excluding hydrogens is 320 g/mol. The Bertz CT molecular complexity index is 867. The Kier molecular flexibility index (Phi) is 3.88. The van der Waals surface area contributed by atoms with Crippen LogP contribution in [-0.2, 0) is 0 Å². The van der Waals surface area contributed by atoms with Crippen LogP contribution in [0, 0.1) is 0 Å². The zero-order valence-electron chi connectivity index (χ0n) is 13.8. The molecule has 0 saturated carbocycles. The van der Waals surface area contributed by atoms with Gasteiger partial charge in [-0.05, 0) is 12.1 Å². The standard InChI is InChI=1S/C16H18N8O/c1-17-15(25)12-8-11(2-3-19-12)23-4-6-24(7-5-23)16-21-13-9-18-10-20-14(13)22-16/h2-3,8-10H,4-7H2,1H3,(H,17,25)(H,18,20,21,22). The van der Waals surface area contributed by atoms with Gasteiger partial charge in [-0.15, -0.1) is 0 Å². The fourth-order valence-corrected chi connectivity index (χ4v) is 2.94. The second-order valence-electron chi connectivity index (χ2n) is 5.77. The number of rotatable bonds is 3. The highest BCUT2D eigenvalue weighted by atomic mass is 16.1. The molecule has 9 heteroatoms. The number of pyridine rings is 1. The van der Waals surface area contributed by atoms with Gasteiger partial charge in [0.15, 0.2) is 5.65 Å². The number of piperazine rings is 1. The minimum atomic E-state index is -0.177. The van der Waals surface area contributed by atoms with Crippen molar-refractivity contribution >= 4 is 28.7 Å². The zero-order valence-corrected chi connectivity index (χ0v) is 13.8. The fraction of sp³-hybridized carbons (Fsp3) is 0.312. The number of hydrogen-bond donors (Lipinski definition) is 2. The van der Waals surface area contributed by atoms with Gasteiger partial charge in [-0.25, -0.2) is 9.97 Å². The van der Waals surface area contributed by atoms with Gasteiger partial charge in [0.1, 0.15) is 17.5 Å². The first-order chi connectivity index (χ1) is 12.2. The van der Waals surface area contributed by atoms with Gasteiger partial charge >= 0.3 is 0 Å². The predicted octanol–water partition coefficient (Wildman–Crippen LogP) is 0.434. The highest BCUT2D eigenvalue weighted by Crippen LogP contribution is 2.20. The summed E-state index contributed by atoms with van der Waals surface area (Å²) in [4.78, 5) is 36.2. The summed E-state index contributed by atoms with van der Waals surface area (Å²) < 4.78 is 0. The molecule has 0 aromatic carbocycles. The molecule has 4 heterocycles. The Balaban J connectivity index is 1.47. The number of H-pyrrole nitrogens is 1. The maximum absolute atomic E-state index is 11.7. The Hall–Kier alpha value is -3.23. The number of hydrogen-bond acceptors (Lipinski definition) is 7. The van der Waals surface area contributed by atoms with Crippen LogP contribution in [0.5, 0.6) is 0 Å². The van der Waals surface area contributed by atoms with Crippen LogP contribution >= 0.6 is 0 Å². The van der Waals surface area contributed by atoms with Gasteiger partial charge in [0.25, 0.3) is 5.91 Å². The van der Waals surface area contributed by atoms with Crippen molar-refractivity contribution in [3.05, 3.63) is 36.5 Å². The Morgan fingerprint density at radius 3 is 2.76 bits per heavy atom. The molecule has 1 aliphatic rings. The van der Waals surface area contributed by atoms with Gasteiger partial charge in [-0.2, -0.15) is 4.98 Å². The number of anilines is 2. The number of carbonyl (C=O) groups is 1. The van der Waals surface area contributed by atoms with Crippen molar-refractivity contribution in [2.24, 2.45) is 0 Å². The lowest BCUT2D eigenvalue weighted by atomic mass is 10.2. The van der Waals surface area contributed by atoms with Crippen molar-refractivity contribution in [3.8, 4) is 0 Å². The maximum Gasteiger partial charge on any atom is 0.269 e. The molecule has 0 bridgehead atoms. The first kappa shape index (κ1) is 15.3. The maximum atomic E-state index is 11.7. The Morgan fingerprint density at radius 1 is 1.20 bits per heavy atom. The van der Waals surface area contributed by atoms with E-state index in [1.54, 1.807) is 19.4 Å². The number of fused-ring (bicyclic) bond motifs is 1. The summed E-state index contributed by atoms with van der Waals surface area (Å²) in [7, 11) is 1.60. The normalized spacial score (nSPS) is 14.8. The van der Waals surface area contributed by atoms with Gasteiger partial charge in [-0.3, -0.25) is 9.78 Å².